The van der Waals surface area contributed by atoms with Crippen LogP contribution in [-0.2, 0) is 13.1 Å². The number of halogens is 1. The molecule has 0 saturated heterocycles. The molecule has 142 valence electrons. The maximum atomic E-state index is 6.21. The fraction of sp³-hybridized carbons (Fsp3) is 0.316. The fourth-order valence-corrected chi connectivity index (χ4v) is 3.37. The Balaban J connectivity index is 1.59. The van der Waals surface area contributed by atoms with Gasteiger partial charge in [0.1, 0.15) is 0 Å². The lowest BCUT2D eigenvalue weighted by atomic mass is 10.1. The molecule has 8 heteroatoms. The normalized spacial score (nSPS) is 12.0. The smallest absolute Gasteiger partial charge is 0.171 e. The Hall–Kier alpha value is -2.38. The molecule has 1 aromatic carbocycles. The van der Waals surface area contributed by atoms with Crippen LogP contribution in [0.2, 0.25) is 5.02 Å². The molecule has 0 aliphatic carbocycles. The third kappa shape index (κ3) is 4.87. The minimum atomic E-state index is 0.0588. The summed E-state index contributed by atoms with van der Waals surface area (Å²) in [5, 5.41) is 16.6. The van der Waals surface area contributed by atoms with E-state index in [1.807, 2.05) is 46.7 Å². The second-order valence-corrected chi connectivity index (χ2v) is 7.18. The summed E-state index contributed by atoms with van der Waals surface area (Å²) >= 11 is 11.7. The van der Waals surface area contributed by atoms with Crippen LogP contribution < -0.4 is 10.6 Å². The van der Waals surface area contributed by atoms with Crippen molar-refractivity contribution in [2.24, 2.45) is 0 Å². The Morgan fingerprint density at radius 1 is 1.26 bits per heavy atom. The van der Waals surface area contributed by atoms with Crippen LogP contribution in [0.3, 0.4) is 0 Å². The number of benzene rings is 1. The van der Waals surface area contributed by atoms with Crippen LogP contribution in [0.25, 0.3) is 0 Å². The summed E-state index contributed by atoms with van der Waals surface area (Å²) in [4.78, 5) is 0. The predicted octanol–water partition coefficient (Wildman–Crippen LogP) is 4.16. The Morgan fingerprint density at radius 3 is 2.74 bits per heavy atom. The van der Waals surface area contributed by atoms with Gasteiger partial charge >= 0.3 is 0 Å². The number of aromatic nitrogens is 4. The molecular formula is C19H23ClN6S. The highest BCUT2D eigenvalue weighted by Gasteiger charge is 2.13. The van der Waals surface area contributed by atoms with E-state index in [0.717, 1.165) is 34.1 Å². The average molecular weight is 403 g/mol. The first-order valence-corrected chi connectivity index (χ1v) is 9.62. The third-order valence-corrected chi connectivity index (χ3v) is 4.89. The molecule has 2 heterocycles. The second kappa shape index (κ2) is 8.54. The summed E-state index contributed by atoms with van der Waals surface area (Å²) in [6, 6.07) is 7.81. The highest BCUT2D eigenvalue weighted by Crippen LogP contribution is 2.18. The first-order chi connectivity index (χ1) is 13.0. The van der Waals surface area contributed by atoms with E-state index in [2.05, 4.69) is 40.9 Å². The molecule has 3 aromatic rings. The summed E-state index contributed by atoms with van der Waals surface area (Å²) in [6.07, 6.45) is 5.70. The molecule has 2 aromatic heterocycles. The molecule has 27 heavy (non-hydrogen) atoms. The van der Waals surface area contributed by atoms with E-state index in [9.17, 15) is 0 Å². The lowest BCUT2D eigenvalue weighted by Crippen LogP contribution is -2.30. The molecule has 0 aliphatic rings. The van der Waals surface area contributed by atoms with Gasteiger partial charge in [0.05, 0.1) is 30.2 Å². The number of anilines is 1. The van der Waals surface area contributed by atoms with Crippen molar-refractivity contribution in [2.75, 3.05) is 5.32 Å². The lowest BCUT2D eigenvalue weighted by molar-refractivity contribution is 0.651. The van der Waals surface area contributed by atoms with Crippen molar-refractivity contribution in [2.45, 2.75) is 39.9 Å². The molecule has 0 spiro atoms. The summed E-state index contributed by atoms with van der Waals surface area (Å²) in [5.74, 6) is 0. The van der Waals surface area contributed by atoms with Gasteiger partial charge in [-0.15, -0.1) is 0 Å². The van der Waals surface area contributed by atoms with Gasteiger partial charge in [-0.05, 0) is 44.6 Å². The van der Waals surface area contributed by atoms with Crippen LogP contribution >= 0.6 is 23.8 Å². The van der Waals surface area contributed by atoms with Crippen molar-refractivity contribution < 1.29 is 0 Å². The van der Waals surface area contributed by atoms with Crippen molar-refractivity contribution in [3.05, 3.63) is 64.7 Å². The number of nitrogens with zero attached hydrogens (tertiary/aromatic N) is 4. The number of thiocarbonyl (C=S) groups is 1. The van der Waals surface area contributed by atoms with Crippen molar-refractivity contribution >= 4 is 34.6 Å². The van der Waals surface area contributed by atoms with E-state index in [0.29, 0.717) is 11.7 Å². The average Bonchev–Trinajstić information content (AvgIpc) is 3.23. The largest absolute Gasteiger partial charge is 0.356 e. The van der Waals surface area contributed by atoms with Crippen LogP contribution in [0.15, 0.2) is 42.9 Å². The summed E-state index contributed by atoms with van der Waals surface area (Å²) in [7, 11) is 0. The van der Waals surface area contributed by atoms with Gasteiger partial charge in [-0.25, -0.2) is 0 Å². The molecule has 0 aliphatic heterocycles. The van der Waals surface area contributed by atoms with Gasteiger partial charge in [0.25, 0.3) is 0 Å². The molecule has 1 unspecified atom stereocenters. The lowest BCUT2D eigenvalue weighted by Gasteiger charge is -2.15. The first kappa shape index (κ1) is 19.4. The van der Waals surface area contributed by atoms with Crippen LogP contribution in [0.4, 0.5) is 5.69 Å². The number of nitrogens with one attached hydrogen (secondary N) is 2. The minimum absolute atomic E-state index is 0.0588. The van der Waals surface area contributed by atoms with Gasteiger partial charge < -0.3 is 10.6 Å². The molecule has 0 fully saturated rings. The molecule has 2 N–H and O–H groups in total. The fourth-order valence-electron chi connectivity index (χ4n) is 2.88. The van der Waals surface area contributed by atoms with Gasteiger partial charge in [0, 0.05) is 29.5 Å². The van der Waals surface area contributed by atoms with Crippen LogP contribution in [0, 0.1) is 6.92 Å². The quantitative estimate of drug-likeness (QED) is 0.606. The number of hydrogen-bond acceptors (Lipinski definition) is 3. The molecular weight excluding hydrogens is 380 g/mol. The zero-order valence-corrected chi connectivity index (χ0v) is 17.2. The summed E-state index contributed by atoms with van der Waals surface area (Å²) < 4.78 is 3.75. The Bertz CT molecular complexity index is 932. The van der Waals surface area contributed by atoms with Gasteiger partial charge in [-0.1, -0.05) is 29.8 Å². The van der Waals surface area contributed by atoms with Gasteiger partial charge in [-0.3, -0.25) is 9.36 Å². The highest BCUT2D eigenvalue weighted by atomic mass is 35.5. The zero-order valence-electron chi connectivity index (χ0n) is 15.6. The maximum Gasteiger partial charge on any atom is 0.171 e. The van der Waals surface area contributed by atoms with E-state index < -0.39 is 0 Å². The van der Waals surface area contributed by atoms with Gasteiger partial charge in [-0.2, -0.15) is 10.2 Å². The van der Waals surface area contributed by atoms with E-state index in [1.165, 1.54) is 0 Å². The van der Waals surface area contributed by atoms with Crippen LogP contribution in [0.5, 0.6) is 0 Å². The second-order valence-electron chi connectivity index (χ2n) is 6.36. The monoisotopic (exact) mass is 402 g/mol. The SMILES string of the molecule is CCn1cc(C(C)NC(=S)Nc2cnn(Cc3ccccc3Cl)c2)c(C)n1. The predicted molar refractivity (Wildman–Crippen MR) is 113 cm³/mol. The topological polar surface area (TPSA) is 59.7 Å². The molecule has 0 amide bonds. The minimum Gasteiger partial charge on any atom is -0.356 e. The summed E-state index contributed by atoms with van der Waals surface area (Å²) in [6.45, 7) is 7.60. The van der Waals surface area contributed by atoms with Crippen LogP contribution in [0.1, 0.15) is 36.7 Å². The molecule has 1 atom stereocenters. The first-order valence-electron chi connectivity index (χ1n) is 8.83. The maximum absolute atomic E-state index is 6.21. The number of rotatable bonds is 6. The van der Waals surface area contributed by atoms with Gasteiger partial charge in [0.15, 0.2) is 5.11 Å². The molecule has 6 nitrogen and oxygen atoms in total. The highest BCUT2D eigenvalue weighted by molar-refractivity contribution is 7.80. The van der Waals surface area contributed by atoms with Gasteiger partial charge in [0.2, 0.25) is 0 Å². The number of hydrogen-bond donors (Lipinski definition) is 2. The standard InChI is InChI=1S/C19H23ClN6S/c1-4-25-12-17(14(3)24-25)13(2)22-19(27)23-16-9-21-26(11-16)10-15-7-5-6-8-18(15)20/h5-9,11-13H,4,10H2,1-3H3,(H2,22,23,27). The Morgan fingerprint density at radius 2 is 2.04 bits per heavy atom. The van der Waals surface area contributed by atoms with E-state index in [1.54, 1.807) is 6.20 Å². The summed E-state index contributed by atoms with van der Waals surface area (Å²) in [5.41, 5.74) is 3.99. The zero-order chi connectivity index (χ0) is 19.4. The van der Waals surface area contributed by atoms with E-state index in [-0.39, 0.29) is 6.04 Å². The molecule has 0 radical (unpaired) electrons. The molecule has 3 rings (SSSR count). The van der Waals surface area contributed by atoms with Crippen LogP contribution in [-0.4, -0.2) is 24.7 Å². The molecule has 0 bridgehead atoms. The number of aryl methyl sites for hydroxylation is 2. The Kier molecular flexibility index (Phi) is 6.13. The van der Waals surface area contributed by atoms with E-state index >= 15 is 0 Å². The molecule has 0 saturated carbocycles. The van der Waals surface area contributed by atoms with Crippen molar-refractivity contribution in [3.8, 4) is 0 Å². The third-order valence-electron chi connectivity index (χ3n) is 4.30. The van der Waals surface area contributed by atoms with Crippen molar-refractivity contribution in [1.29, 1.82) is 0 Å². The van der Waals surface area contributed by atoms with Crippen molar-refractivity contribution in [3.63, 3.8) is 0 Å². The van der Waals surface area contributed by atoms with E-state index in [4.69, 9.17) is 23.8 Å². The van der Waals surface area contributed by atoms with Crippen molar-refractivity contribution in [1.82, 2.24) is 24.9 Å². The Labute approximate surface area is 169 Å².